The summed E-state index contributed by atoms with van der Waals surface area (Å²) in [5.74, 6) is -0.483. The van der Waals surface area contributed by atoms with Crippen LogP contribution in [0.2, 0.25) is 0 Å². The lowest BCUT2D eigenvalue weighted by Gasteiger charge is -2.33. The van der Waals surface area contributed by atoms with Gasteiger partial charge in [-0.1, -0.05) is 6.07 Å². The molecule has 1 heterocycles. The maximum atomic E-state index is 12.1. The third-order valence-electron chi connectivity index (χ3n) is 3.16. The molecule has 2 N–H and O–H groups in total. The number of ether oxygens (including phenoxy) is 2. The predicted octanol–water partition coefficient (Wildman–Crippen LogP) is 0.847. The van der Waals surface area contributed by atoms with Gasteiger partial charge in [-0.15, -0.1) is 0 Å². The van der Waals surface area contributed by atoms with Crippen LogP contribution in [0.5, 0.6) is 5.75 Å². The van der Waals surface area contributed by atoms with Crippen LogP contribution in [-0.2, 0) is 14.3 Å². The molecule has 6 heteroatoms. The van der Waals surface area contributed by atoms with Crippen molar-refractivity contribution in [2.75, 3.05) is 25.6 Å². The molecular weight excluding hydrogens is 260 g/mol. The van der Waals surface area contributed by atoms with Crippen LogP contribution in [0.25, 0.3) is 0 Å². The van der Waals surface area contributed by atoms with Crippen molar-refractivity contribution in [2.24, 2.45) is 0 Å². The van der Waals surface area contributed by atoms with E-state index in [1.165, 1.54) is 14.0 Å². The molecule has 20 heavy (non-hydrogen) atoms. The van der Waals surface area contributed by atoms with Gasteiger partial charge in [0.15, 0.2) is 0 Å². The molecule has 0 bridgehead atoms. The van der Waals surface area contributed by atoms with Gasteiger partial charge >= 0.3 is 0 Å². The van der Waals surface area contributed by atoms with Crippen molar-refractivity contribution < 1.29 is 19.1 Å². The smallest absolute Gasteiger partial charge is 0.278 e. The van der Waals surface area contributed by atoms with Gasteiger partial charge in [-0.3, -0.25) is 9.59 Å². The zero-order valence-corrected chi connectivity index (χ0v) is 11.8. The van der Waals surface area contributed by atoms with E-state index in [-0.39, 0.29) is 0 Å². The van der Waals surface area contributed by atoms with Crippen LogP contribution in [0.3, 0.4) is 0 Å². The van der Waals surface area contributed by atoms with E-state index in [2.05, 4.69) is 10.6 Å². The molecule has 0 aromatic heterocycles. The highest BCUT2D eigenvalue weighted by Gasteiger charge is 2.47. The average Bonchev–Trinajstić information content (AvgIpc) is 2.40. The van der Waals surface area contributed by atoms with E-state index in [4.69, 9.17) is 9.47 Å². The molecule has 2 rings (SSSR count). The lowest BCUT2D eigenvalue weighted by atomic mass is 10.0. The Kier molecular flexibility index (Phi) is 3.94. The quantitative estimate of drug-likeness (QED) is 0.632. The van der Waals surface area contributed by atoms with Crippen molar-refractivity contribution in [2.45, 2.75) is 19.4 Å². The van der Waals surface area contributed by atoms with Gasteiger partial charge in [0.25, 0.3) is 17.4 Å². The Morgan fingerprint density at radius 3 is 2.95 bits per heavy atom. The minimum atomic E-state index is -1.57. The monoisotopic (exact) mass is 278 g/mol. The number of anilines is 1. The van der Waals surface area contributed by atoms with E-state index in [0.29, 0.717) is 24.6 Å². The standard InChI is InChI=1S/C14H18N2O4/c1-9-4-5-11-10(8-9)16-13(18)14(2,20-11)12(17)15-6-7-19-3/h4-5,8H,6-7H2,1-3H3,(H,15,17)(H,16,18). The summed E-state index contributed by atoms with van der Waals surface area (Å²) >= 11 is 0. The fourth-order valence-corrected chi connectivity index (χ4v) is 1.92. The summed E-state index contributed by atoms with van der Waals surface area (Å²) in [6.45, 7) is 4.06. The largest absolute Gasteiger partial charge is 0.466 e. The van der Waals surface area contributed by atoms with Crippen molar-refractivity contribution in [1.29, 1.82) is 0 Å². The van der Waals surface area contributed by atoms with Crippen molar-refractivity contribution in [1.82, 2.24) is 5.32 Å². The second kappa shape index (κ2) is 5.50. The topological polar surface area (TPSA) is 76.7 Å². The minimum absolute atomic E-state index is 0.322. The molecular formula is C14H18N2O4. The Labute approximate surface area is 117 Å². The molecule has 2 amide bonds. The number of amides is 2. The van der Waals surface area contributed by atoms with Gasteiger partial charge in [-0.05, 0) is 31.5 Å². The third kappa shape index (κ3) is 2.60. The Morgan fingerprint density at radius 2 is 2.25 bits per heavy atom. The predicted molar refractivity (Wildman–Crippen MR) is 73.7 cm³/mol. The highest BCUT2D eigenvalue weighted by molar-refractivity contribution is 6.15. The molecule has 1 aliphatic heterocycles. The number of hydrogen-bond donors (Lipinski definition) is 2. The first-order valence-electron chi connectivity index (χ1n) is 6.36. The van der Waals surface area contributed by atoms with Gasteiger partial charge in [0.2, 0.25) is 0 Å². The molecule has 1 aromatic carbocycles. The van der Waals surface area contributed by atoms with Crippen LogP contribution >= 0.6 is 0 Å². The lowest BCUT2D eigenvalue weighted by molar-refractivity contribution is -0.146. The number of methoxy groups -OCH3 is 1. The Hall–Kier alpha value is -2.08. The average molecular weight is 278 g/mol. The third-order valence-corrected chi connectivity index (χ3v) is 3.16. The molecule has 6 nitrogen and oxygen atoms in total. The summed E-state index contributed by atoms with van der Waals surface area (Å²) in [5.41, 5.74) is 0.00804. The minimum Gasteiger partial charge on any atom is -0.466 e. The maximum Gasteiger partial charge on any atom is 0.278 e. The van der Waals surface area contributed by atoms with Crippen molar-refractivity contribution in [3.8, 4) is 5.75 Å². The number of carbonyl (C=O) groups is 2. The first-order chi connectivity index (χ1) is 9.47. The van der Waals surface area contributed by atoms with Gasteiger partial charge in [-0.2, -0.15) is 0 Å². The number of carbonyl (C=O) groups excluding carboxylic acids is 2. The first kappa shape index (κ1) is 14.3. The second-order valence-corrected chi connectivity index (χ2v) is 4.84. The Balaban J connectivity index is 2.18. The highest BCUT2D eigenvalue weighted by atomic mass is 16.5. The molecule has 1 atom stereocenters. The fourth-order valence-electron chi connectivity index (χ4n) is 1.92. The van der Waals surface area contributed by atoms with Gasteiger partial charge in [-0.25, -0.2) is 0 Å². The van der Waals surface area contributed by atoms with Gasteiger partial charge in [0.1, 0.15) is 5.75 Å². The van der Waals surface area contributed by atoms with Crippen LogP contribution in [0.4, 0.5) is 5.69 Å². The van der Waals surface area contributed by atoms with Crippen LogP contribution in [-0.4, -0.2) is 37.7 Å². The molecule has 108 valence electrons. The SMILES string of the molecule is COCCNC(=O)C1(C)Oc2ccc(C)cc2NC1=O. The number of fused-ring (bicyclic) bond motifs is 1. The molecule has 0 saturated heterocycles. The van der Waals surface area contributed by atoms with E-state index in [1.807, 2.05) is 13.0 Å². The summed E-state index contributed by atoms with van der Waals surface area (Å²) in [6.07, 6.45) is 0. The fraction of sp³-hybridized carbons (Fsp3) is 0.429. The molecule has 0 aliphatic carbocycles. The molecule has 1 aromatic rings. The van der Waals surface area contributed by atoms with E-state index in [9.17, 15) is 9.59 Å². The van der Waals surface area contributed by atoms with E-state index >= 15 is 0 Å². The molecule has 0 radical (unpaired) electrons. The number of aryl methyl sites for hydroxylation is 1. The second-order valence-electron chi connectivity index (χ2n) is 4.84. The zero-order chi connectivity index (χ0) is 14.8. The highest BCUT2D eigenvalue weighted by Crippen LogP contribution is 2.34. The summed E-state index contributed by atoms with van der Waals surface area (Å²) in [6, 6.07) is 5.40. The molecule has 1 unspecified atom stereocenters. The molecule has 0 fully saturated rings. The van der Waals surface area contributed by atoms with Gasteiger partial charge < -0.3 is 20.1 Å². The first-order valence-corrected chi connectivity index (χ1v) is 6.36. The molecule has 1 aliphatic rings. The summed E-state index contributed by atoms with van der Waals surface area (Å²) < 4.78 is 10.5. The maximum absolute atomic E-state index is 12.1. The van der Waals surface area contributed by atoms with Crippen molar-refractivity contribution in [3.63, 3.8) is 0 Å². The zero-order valence-electron chi connectivity index (χ0n) is 11.8. The van der Waals surface area contributed by atoms with Gasteiger partial charge in [0, 0.05) is 13.7 Å². The number of rotatable bonds is 4. The van der Waals surface area contributed by atoms with Gasteiger partial charge in [0.05, 0.1) is 12.3 Å². The van der Waals surface area contributed by atoms with E-state index in [1.54, 1.807) is 12.1 Å². The lowest BCUT2D eigenvalue weighted by Crippen LogP contribution is -2.59. The van der Waals surface area contributed by atoms with E-state index < -0.39 is 17.4 Å². The molecule has 0 spiro atoms. The summed E-state index contributed by atoms with van der Waals surface area (Å²) in [4.78, 5) is 24.3. The normalized spacial score (nSPS) is 20.6. The Bertz CT molecular complexity index is 544. The number of benzene rings is 1. The van der Waals surface area contributed by atoms with Crippen LogP contribution < -0.4 is 15.4 Å². The Morgan fingerprint density at radius 1 is 1.50 bits per heavy atom. The molecule has 0 saturated carbocycles. The van der Waals surface area contributed by atoms with Crippen LogP contribution in [0.1, 0.15) is 12.5 Å². The summed E-state index contributed by atoms with van der Waals surface area (Å²) in [5, 5.41) is 5.32. The van der Waals surface area contributed by atoms with E-state index in [0.717, 1.165) is 5.56 Å². The van der Waals surface area contributed by atoms with Crippen molar-refractivity contribution in [3.05, 3.63) is 23.8 Å². The van der Waals surface area contributed by atoms with Crippen LogP contribution in [0, 0.1) is 6.92 Å². The number of hydrogen-bond acceptors (Lipinski definition) is 4. The van der Waals surface area contributed by atoms with Crippen molar-refractivity contribution >= 4 is 17.5 Å². The number of nitrogens with one attached hydrogen (secondary N) is 2. The van der Waals surface area contributed by atoms with Crippen LogP contribution in [0.15, 0.2) is 18.2 Å². The summed E-state index contributed by atoms with van der Waals surface area (Å²) in [7, 11) is 1.54.